The number of hydrogen-bond donors (Lipinski definition) is 0. The van der Waals surface area contributed by atoms with Gasteiger partial charge in [-0.2, -0.15) is 0 Å². The van der Waals surface area contributed by atoms with Crippen molar-refractivity contribution < 1.29 is 9.53 Å². The number of rotatable bonds is 5. The van der Waals surface area contributed by atoms with Gasteiger partial charge in [-0.1, -0.05) is 24.3 Å². The lowest BCUT2D eigenvalue weighted by molar-refractivity contribution is -0.000186. The van der Waals surface area contributed by atoms with Gasteiger partial charge in [-0.25, -0.2) is 0 Å². The smallest absolute Gasteiger partial charge is 0.253 e. The molecule has 0 bridgehead atoms. The monoisotopic (exact) mass is 352 g/mol. The van der Waals surface area contributed by atoms with Crippen LogP contribution in [-0.2, 0) is 4.74 Å². The molecule has 3 rings (SSSR count). The number of amides is 1. The van der Waals surface area contributed by atoms with Crippen LogP contribution in [0.3, 0.4) is 0 Å². The number of likely N-dealkylation sites (N-methyl/N-ethyl adjacent to an activating group) is 1. The van der Waals surface area contributed by atoms with Gasteiger partial charge in [0, 0.05) is 45.5 Å². The molecule has 1 fully saturated rings. The predicted molar refractivity (Wildman–Crippen MR) is 107 cm³/mol. The second kappa shape index (κ2) is 8.37. The number of benzene rings is 2. The molecule has 0 radical (unpaired) electrons. The van der Waals surface area contributed by atoms with Gasteiger partial charge in [0.1, 0.15) is 0 Å². The second-order valence-corrected chi connectivity index (χ2v) is 7.20. The lowest BCUT2D eigenvalue weighted by Gasteiger charge is -2.27. The van der Waals surface area contributed by atoms with Crippen molar-refractivity contribution in [2.24, 2.45) is 0 Å². The molecule has 2 aromatic carbocycles. The molecule has 0 unspecified atom stereocenters. The van der Waals surface area contributed by atoms with Crippen molar-refractivity contribution >= 4 is 11.6 Å². The van der Waals surface area contributed by atoms with E-state index in [1.807, 2.05) is 45.4 Å². The normalized spacial score (nSPS) is 17.0. The fourth-order valence-electron chi connectivity index (χ4n) is 3.36. The van der Waals surface area contributed by atoms with E-state index in [9.17, 15) is 4.79 Å². The van der Waals surface area contributed by atoms with Gasteiger partial charge in [-0.05, 0) is 54.7 Å². The highest BCUT2D eigenvalue weighted by molar-refractivity contribution is 5.95. The summed E-state index contributed by atoms with van der Waals surface area (Å²) in [5.74, 6) is 0.0461. The molecular formula is C22H28N2O2. The molecule has 1 heterocycles. The van der Waals surface area contributed by atoms with Gasteiger partial charge in [0.25, 0.3) is 5.91 Å². The Morgan fingerprint density at radius 1 is 1.04 bits per heavy atom. The molecule has 26 heavy (non-hydrogen) atoms. The highest BCUT2D eigenvalue weighted by Gasteiger charge is 2.20. The zero-order chi connectivity index (χ0) is 18.5. The van der Waals surface area contributed by atoms with Crippen LogP contribution in [0.5, 0.6) is 0 Å². The number of carbonyl (C=O) groups is 1. The van der Waals surface area contributed by atoms with Gasteiger partial charge in [-0.3, -0.25) is 4.79 Å². The molecule has 0 aliphatic carbocycles. The largest absolute Gasteiger partial charge is 0.378 e. The van der Waals surface area contributed by atoms with Gasteiger partial charge < -0.3 is 14.5 Å². The average Bonchev–Trinajstić information content (AvgIpc) is 2.68. The van der Waals surface area contributed by atoms with Crippen molar-refractivity contribution in [3.63, 3.8) is 0 Å². The first kappa shape index (κ1) is 18.5. The van der Waals surface area contributed by atoms with Crippen LogP contribution in [0.2, 0.25) is 0 Å². The third kappa shape index (κ3) is 4.44. The van der Waals surface area contributed by atoms with E-state index in [1.165, 1.54) is 6.42 Å². The minimum atomic E-state index is 0.0461. The van der Waals surface area contributed by atoms with Crippen LogP contribution in [0.4, 0.5) is 5.69 Å². The van der Waals surface area contributed by atoms with E-state index in [2.05, 4.69) is 29.2 Å². The molecule has 0 aromatic heterocycles. The molecule has 4 nitrogen and oxygen atoms in total. The Kier molecular flexibility index (Phi) is 5.94. The zero-order valence-corrected chi connectivity index (χ0v) is 15.9. The summed E-state index contributed by atoms with van der Waals surface area (Å²) in [6.07, 6.45) is 3.51. The Labute approximate surface area is 156 Å². The van der Waals surface area contributed by atoms with Crippen molar-refractivity contribution in [1.82, 2.24) is 4.90 Å². The predicted octanol–water partition coefficient (Wildman–Crippen LogP) is 4.06. The summed E-state index contributed by atoms with van der Waals surface area (Å²) in [6, 6.07) is 16.2. The summed E-state index contributed by atoms with van der Waals surface area (Å²) in [6.45, 7) is 1.46. The molecule has 4 heteroatoms. The van der Waals surface area contributed by atoms with Gasteiger partial charge in [-0.15, -0.1) is 0 Å². The second-order valence-electron chi connectivity index (χ2n) is 7.20. The van der Waals surface area contributed by atoms with E-state index in [1.54, 1.807) is 4.90 Å². The third-order valence-corrected chi connectivity index (χ3v) is 4.90. The van der Waals surface area contributed by atoms with Crippen LogP contribution in [0.25, 0.3) is 11.1 Å². The molecule has 1 aliphatic heterocycles. The highest BCUT2D eigenvalue weighted by Crippen LogP contribution is 2.25. The maximum atomic E-state index is 12.8. The van der Waals surface area contributed by atoms with Crippen LogP contribution >= 0.6 is 0 Å². The molecule has 0 N–H and O–H groups in total. The number of ether oxygens (including phenoxy) is 1. The lowest BCUT2D eigenvalue weighted by Crippen LogP contribution is -2.37. The summed E-state index contributed by atoms with van der Waals surface area (Å²) in [7, 11) is 5.92. The Morgan fingerprint density at radius 2 is 1.77 bits per heavy atom. The summed E-state index contributed by atoms with van der Waals surface area (Å²) in [4.78, 5) is 16.7. The van der Waals surface area contributed by atoms with Gasteiger partial charge in [0.2, 0.25) is 0 Å². The van der Waals surface area contributed by atoms with Crippen molar-refractivity contribution in [2.45, 2.75) is 25.4 Å². The maximum absolute atomic E-state index is 12.8. The molecular weight excluding hydrogens is 324 g/mol. The van der Waals surface area contributed by atoms with Crippen LogP contribution < -0.4 is 4.90 Å². The van der Waals surface area contributed by atoms with Crippen LogP contribution in [0, 0.1) is 0 Å². The van der Waals surface area contributed by atoms with E-state index in [-0.39, 0.29) is 12.0 Å². The molecule has 2 aromatic rings. The summed E-state index contributed by atoms with van der Waals surface area (Å²) in [5, 5.41) is 0. The number of hydrogen-bond acceptors (Lipinski definition) is 3. The van der Waals surface area contributed by atoms with Gasteiger partial charge in [0.15, 0.2) is 0 Å². The van der Waals surface area contributed by atoms with E-state index in [0.717, 1.165) is 41.8 Å². The van der Waals surface area contributed by atoms with Crippen molar-refractivity contribution in [2.75, 3.05) is 39.2 Å². The highest BCUT2D eigenvalue weighted by atomic mass is 16.5. The topological polar surface area (TPSA) is 32.8 Å². The first-order chi connectivity index (χ1) is 12.5. The molecule has 0 saturated carbocycles. The summed E-state index contributed by atoms with van der Waals surface area (Å²) in [5.41, 5.74) is 4.04. The minimum Gasteiger partial charge on any atom is -0.378 e. The van der Waals surface area contributed by atoms with Crippen molar-refractivity contribution in [3.8, 4) is 11.1 Å². The van der Waals surface area contributed by atoms with Crippen LogP contribution in [-0.4, -0.2) is 51.2 Å². The fourth-order valence-corrected chi connectivity index (χ4v) is 3.36. The molecule has 1 aliphatic rings. The van der Waals surface area contributed by atoms with E-state index < -0.39 is 0 Å². The van der Waals surface area contributed by atoms with Crippen LogP contribution in [0.1, 0.15) is 29.6 Å². The first-order valence-electron chi connectivity index (χ1n) is 9.29. The quantitative estimate of drug-likeness (QED) is 0.813. The number of nitrogens with zero attached hydrogens (tertiary/aromatic N) is 2. The Balaban J connectivity index is 1.75. The van der Waals surface area contributed by atoms with E-state index in [4.69, 9.17) is 4.74 Å². The molecule has 1 amide bonds. The molecule has 1 saturated heterocycles. The minimum absolute atomic E-state index is 0.0461. The molecule has 0 spiro atoms. The van der Waals surface area contributed by atoms with Crippen molar-refractivity contribution in [3.05, 3.63) is 54.1 Å². The lowest BCUT2D eigenvalue weighted by atomic mass is 10.0. The fraction of sp³-hybridized carbons (Fsp3) is 0.409. The zero-order valence-electron chi connectivity index (χ0n) is 15.9. The average molecular weight is 352 g/mol. The first-order valence-corrected chi connectivity index (χ1v) is 9.29. The Hall–Kier alpha value is -2.33. The van der Waals surface area contributed by atoms with Crippen molar-refractivity contribution in [1.29, 1.82) is 0 Å². The number of carbonyl (C=O) groups excluding carboxylic acids is 1. The number of anilines is 1. The van der Waals surface area contributed by atoms with Gasteiger partial charge >= 0.3 is 0 Å². The SMILES string of the molecule is CN(C[C@H]1CCCCO1)C(=O)c1cccc(-c2cccc(N(C)C)c2)c1. The van der Waals surface area contributed by atoms with Gasteiger partial charge in [0.05, 0.1) is 6.10 Å². The molecule has 1 atom stereocenters. The Morgan fingerprint density at radius 3 is 2.46 bits per heavy atom. The maximum Gasteiger partial charge on any atom is 0.253 e. The standard InChI is InChI=1S/C22H28N2O2/c1-23(2)20-11-7-9-18(15-20)17-8-6-10-19(14-17)22(25)24(3)16-21-12-4-5-13-26-21/h6-11,14-15,21H,4-5,12-13,16H2,1-3H3/t21-/m1/s1. The summed E-state index contributed by atoms with van der Waals surface area (Å²) < 4.78 is 5.76. The third-order valence-electron chi connectivity index (χ3n) is 4.90. The van der Waals surface area contributed by atoms with Crippen LogP contribution in [0.15, 0.2) is 48.5 Å². The molecule has 138 valence electrons. The summed E-state index contributed by atoms with van der Waals surface area (Å²) >= 11 is 0. The van der Waals surface area contributed by atoms with E-state index >= 15 is 0 Å². The Bertz CT molecular complexity index is 751. The van der Waals surface area contributed by atoms with E-state index in [0.29, 0.717) is 6.54 Å².